The average Bonchev–Trinajstić information content (AvgIpc) is 3.09. The van der Waals surface area contributed by atoms with Crippen molar-refractivity contribution >= 4 is 5.91 Å². The van der Waals surface area contributed by atoms with E-state index in [1.807, 2.05) is 52.3 Å². The van der Waals surface area contributed by atoms with E-state index in [0.29, 0.717) is 25.3 Å². The molecule has 1 fully saturated rings. The zero-order valence-corrected chi connectivity index (χ0v) is 14.3. The second-order valence-corrected chi connectivity index (χ2v) is 6.64. The number of aromatic nitrogens is 2. The van der Waals surface area contributed by atoms with Crippen LogP contribution in [0.25, 0.3) is 5.69 Å². The fourth-order valence-corrected chi connectivity index (χ4v) is 3.52. The average molecular weight is 326 g/mol. The third kappa shape index (κ3) is 3.67. The first kappa shape index (κ1) is 16.7. The van der Waals surface area contributed by atoms with Gasteiger partial charge in [0.1, 0.15) is 0 Å². The van der Waals surface area contributed by atoms with Gasteiger partial charge in [0.05, 0.1) is 11.9 Å². The number of carbonyl (C=O) groups is 1. The minimum absolute atomic E-state index is 0.193. The zero-order chi connectivity index (χ0) is 16.9. The molecule has 0 aliphatic carbocycles. The van der Waals surface area contributed by atoms with Gasteiger partial charge in [0.2, 0.25) is 5.91 Å². The molecule has 5 nitrogen and oxygen atoms in total. The molecule has 1 amide bonds. The van der Waals surface area contributed by atoms with Gasteiger partial charge in [-0.25, -0.2) is 4.68 Å². The molecule has 2 atom stereocenters. The Kier molecular flexibility index (Phi) is 5.30. The molecule has 5 heteroatoms. The van der Waals surface area contributed by atoms with Crippen LogP contribution in [-0.2, 0) is 11.2 Å². The Bertz CT molecular complexity index is 667. The van der Waals surface area contributed by atoms with Crippen LogP contribution in [0.2, 0.25) is 0 Å². The van der Waals surface area contributed by atoms with Crippen LogP contribution in [0.5, 0.6) is 0 Å². The van der Waals surface area contributed by atoms with Gasteiger partial charge < -0.3 is 10.6 Å². The summed E-state index contributed by atoms with van der Waals surface area (Å²) in [6, 6.07) is 10.2. The van der Waals surface area contributed by atoms with Gasteiger partial charge in [-0.1, -0.05) is 25.1 Å². The van der Waals surface area contributed by atoms with Crippen LogP contribution in [0.1, 0.15) is 31.7 Å². The van der Waals surface area contributed by atoms with E-state index >= 15 is 0 Å². The summed E-state index contributed by atoms with van der Waals surface area (Å²) >= 11 is 0. The molecule has 24 heavy (non-hydrogen) atoms. The molecule has 0 bridgehead atoms. The summed E-state index contributed by atoms with van der Waals surface area (Å²) in [7, 11) is 0. The maximum Gasteiger partial charge on any atom is 0.223 e. The normalized spacial score (nSPS) is 21.0. The lowest BCUT2D eigenvalue weighted by Gasteiger charge is -2.39. The fourth-order valence-electron chi connectivity index (χ4n) is 3.52. The lowest BCUT2D eigenvalue weighted by Crippen LogP contribution is -2.51. The summed E-state index contributed by atoms with van der Waals surface area (Å²) in [5.74, 6) is 0.706. The quantitative estimate of drug-likeness (QED) is 0.917. The first-order valence-electron chi connectivity index (χ1n) is 8.77. The molecule has 1 aromatic carbocycles. The van der Waals surface area contributed by atoms with Crippen LogP contribution in [0, 0.1) is 5.92 Å². The molecule has 1 aliphatic rings. The highest BCUT2D eigenvalue weighted by atomic mass is 16.2. The van der Waals surface area contributed by atoms with Crippen molar-refractivity contribution in [3.05, 3.63) is 48.3 Å². The molecule has 0 spiro atoms. The van der Waals surface area contributed by atoms with Gasteiger partial charge in [-0.2, -0.15) is 5.10 Å². The van der Waals surface area contributed by atoms with Crippen LogP contribution in [-0.4, -0.2) is 39.7 Å². The maximum absolute atomic E-state index is 12.6. The first-order chi connectivity index (χ1) is 11.7. The van der Waals surface area contributed by atoms with E-state index in [4.69, 9.17) is 5.73 Å². The SMILES string of the molecule is C[C@@H]1CCCN(C(=O)CCc2cnn(-c3ccccc3)c2)[C@H]1CN. The Balaban J connectivity index is 1.59. The minimum Gasteiger partial charge on any atom is -0.338 e. The molecule has 128 valence electrons. The molecule has 2 heterocycles. The van der Waals surface area contributed by atoms with Gasteiger partial charge in [-0.05, 0) is 42.9 Å². The smallest absolute Gasteiger partial charge is 0.223 e. The molecule has 0 unspecified atom stereocenters. The Morgan fingerprint density at radius 3 is 2.88 bits per heavy atom. The third-order valence-electron chi connectivity index (χ3n) is 4.96. The van der Waals surface area contributed by atoms with Gasteiger partial charge in [0.15, 0.2) is 0 Å². The number of nitrogens with zero attached hydrogens (tertiary/aromatic N) is 3. The lowest BCUT2D eigenvalue weighted by atomic mass is 9.90. The number of likely N-dealkylation sites (tertiary alicyclic amines) is 1. The van der Waals surface area contributed by atoms with Crippen LogP contribution < -0.4 is 5.73 Å². The highest BCUT2D eigenvalue weighted by Crippen LogP contribution is 2.23. The van der Waals surface area contributed by atoms with Crippen LogP contribution in [0.3, 0.4) is 0 Å². The number of hydrogen-bond acceptors (Lipinski definition) is 3. The molecule has 2 N–H and O–H groups in total. The Morgan fingerprint density at radius 2 is 2.12 bits per heavy atom. The third-order valence-corrected chi connectivity index (χ3v) is 4.96. The van der Waals surface area contributed by atoms with Crippen molar-refractivity contribution in [2.75, 3.05) is 13.1 Å². The molecule has 0 radical (unpaired) electrons. The van der Waals surface area contributed by atoms with Crippen molar-refractivity contribution in [1.29, 1.82) is 0 Å². The summed E-state index contributed by atoms with van der Waals surface area (Å²) in [5, 5.41) is 4.39. The topological polar surface area (TPSA) is 64.2 Å². The lowest BCUT2D eigenvalue weighted by molar-refractivity contribution is -0.136. The summed E-state index contributed by atoms with van der Waals surface area (Å²) in [6.45, 7) is 3.59. The summed E-state index contributed by atoms with van der Waals surface area (Å²) in [5.41, 5.74) is 8.01. The second-order valence-electron chi connectivity index (χ2n) is 6.64. The van der Waals surface area contributed by atoms with Crippen molar-refractivity contribution in [3.8, 4) is 5.69 Å². The molecular weight excluding hydrogens is 300 g/mol. The van der Waals surface area contributed by atoms with Crippen LogP contribution in [0.4, 0.5) is 0 Å². The molecule has 0 saturated carbocycles. The predicted molar refractivity (Wildman–Crippen MR) is 94.8 cm³/mol. The van der Waals surface area contributed by atoms with Crippen molar-refractivity contribution < 1.29 is 4.79 Å². The van der Waals surface area contributed by atoms with E-state index in [-0.39, 0.29) is 11.9 Å². The highest BCUT2D eigenvalue weighted by Gasteiger charge is 2.30. The monoisotopic (exact) mass is 326 g/mol. The largest absolute Gasteiger partial charge is 0.338 e. The summed E-state index contributed by atoms with van der Waals surface area (Å²) < 4.78 is 1.85. The van der Waals surface area contributed by atoms with Gasteiger partial charge in [-0.15, -0.1) is 0 Å². The molecule has 3 rings (SSSR count). The first-order valence-corrected chi connectivity index (χ1v) is 8.77. The Hall–Kier alpha value is -2.14. The highest BCUT2D eigenvalue weighted by molar-refractivity contribution is 5.77. The number of piperidine rings is 1. The van der Waals surface area contributed by atoms with E-state index in [0.717, 1.165) is 30.6 Å². The van der Waals surface area contributed by atoms with Gasteiger partial charge in [0, 0.05) is 31.7 Å². The standard InChI is InChI=1S/C19H26N4O/c1-15-6-5-11-22(18(15)12-20)19(24)10-9-16-13-21-23(14-16)17-7-3-2-4-8-17/h2-4,7-8,13-15,18H,5-6,9-12,20H2,1H3/t15-,18+/m1/s1. The zero-order valence-electron chi connectivity index (χ0n) is 14.3. The van der Waals surface area contributed by atoms with Crippen molar-refractivity contribution in [2.24, 2.45) is 11.7 Å². The van der Waals surface area contributed by atoms with Gasteiger partial charge >= 0.3 is 0 Å². The fraction of sp³-hybridized carbons (Fsp3) is 0.474. The predicted octanol–water partition coefficient (Wildman–Crippen LogP) is 2.39. The van der Waals surface area contributed by atoms with Crippen molar-refractivity contribution in [3.63, 3.8) is 0 Å². The summed E-state index contributed by atoms with van der Waals surface area (Å²) in [4.78, 5) is 14.6. The van der Waals surface area contributed by atoms with Crippen molar-refractivity contribution in [1.82, 2.24) is 14.7 Å². The molecule has 1 aromatic heterocycles. The summed E-state index contributed by atoms with van der Waals surface area (Å²) in [6.07, 6.45) is 7.32. The second kappa shape index (κ2) is 7.62. The molecule has 1 saturated heterocycles. The van der Waals surface area contributed by atoms with E-state index < -0.39 is 0 Å². The van der Waals surface area contributed by atoms with E-state index in [1.165, 1.54) is 0 Å². The number of carbonyl (C=O) groups excluding carboxylic acids is 1. The minimum atomic E-state index is 0.193. The maximum atomic E-state index is 12.6. The molecule has 1 aliphatic heterocycles. The van der Waals surface area contributed by atoms with E-state index in [1.54, 1.807) is 0 Å². The number of nitrogens with two attached hydrogens (primary N) is 1. The van der Waals surface area contributed by atoms with Crippen molar-refractivity contribution in [2.45, 2.75) is 38.6 Å². The van der Waals surface area contributed by atoms with Crippen LogP contribution >= 0.6 is 0 Å². The number of amides is 1. The molecular formula is C19H26N4O. The number of para-hydroxylation sites is 1. The Labute approximate surface area is 143 Å². The van der Waals surface area contributed by atoms with Gasteiger partial charge in [0.25, 0.3) is 0 Å². The van der Waals surface area contributed by atoms with Crippen LogP contribution in [0.15, 0.2) is 42.7 Å². The number of hydrogen-bond donors (Lipinski definition) is 1. The van der Waals surface area contributed by atoms with E-state index in [2.05, 4.69) is 12.0 Å². The molecule has 2 aromatic rings. The van der Waals surface area contributed by atoms with E-state index in [9.17, 15) is 4.79 Å². The number of rotatable bonds is 5. The number of aryl methyl sites for hydroxylation is 1. The van der Waals surface area contributed by atoms with Gasteiger partial charge in [-0.3, -0.25) is 4.79 Å². The number of benzene rings is 1. The Morgan fingerprint density at radius 1 is 1.33 bits per heavy atom.